The van der Waals surface area contributed by atoms with Crippen molar-refractivity contribution in [1.82, 2.24) is 15.5 Å². The number of ether oxygens (including phenoxy) is 1. The standard InChI is InChI=1S/C13H16N4O3/c1-2-19-12-9(4-3-5-10(12)14)13(18)15-7-6-11-16-8-17-20-11/h3-5,8H,2,6-7,14H2,1H3,(H,15,18). The zero-order chi connectivity index (χ0) is 14.4. The molecule has 2 rings (SSSR count). The van der Waals surface area contributed by atoms with Gasteiger partial charge < -0.3 is 20.3 Å². The highest BCUT2D eigenvalue weighted by atomic mass is 16.5. The quantitative estimate of drug-likeness (QED) is 0.763. The molecule has 0 aliphatic rings. The molecule has 0 bridgehead atoms. The summed E-state index contributed by atoms with van der Waals surface area (Å²) in [5, 5.41) is 6.25. The van der Waals surface area contributed by atoms with Gasteiger partial charge in [-0.25, -0.2) is 0 Å². The predicted octanol–water partition coefficient (Wildman–Crippen LogP) is 1.02. The molecule has 7 heteroatoms. The molecule has 106 valence electrons. The van der Waals surface area contributed by atoms with E-state index in [0.717, 1.165) is 0 Å². The van der Waals surface area contributed by atoms with Crippen LogP contribution in [0.5, 0.6) is 5.75 Å². The summed E-state index contributed by atoms with van der Waals surface area (Å²) < 4.78 is 10.3. The van der Waals surface area contributed by atoms with E-state index in [1.165, 1.54) is 6.33 Å². The van der Waals surface area contributed by atoms with Crippen LogP contribution in [0.2, 0.25) is 0 Å². The van der Waals surface area contributed by atoms with Gasteiger partial charge in [0.05, 0.1) is 17.9 Å². The second-order valence-electron chi connectivity index (χ2n) is 4.00. The number of rotatable bonds is 6. The molecule has 0 unspecified atom stereocenters. The van der Waals surface area contributed by atoms with Crippen LogP contribution in [0.4, 0.5) is 5.69 Å². The number of nitrogens with two attached hydrogens (primary N) is 1. The first-order valence-electron chi connectivity index (χ1n) is 6.27. The minimum atomic E-state index is -0.250. The van der Waals surface area contributed by atoms with Crippen LogP contribution in [0.3, 0.4) is 0 Å². The summed E-state index contributed by atoms with van der Waals surface area (Å²) in [6, 6.07) is 5.08. The minimum Gasteiger partial charge on any atom is -0.491 e. The van der Waals surface area contributed by atoms with Crippen molar-refractivity contribution in [1.29, 1.82) is 0 Å². The maximum absolute atomic E-state index is 12.1. The molecule has 0 fully saturated rings. The number of aromatic nitrogens is 2. The molecule has 0 saturated carbocycles. The van der Waals surface area contributed by atoms with Crippen LogP contribution < -0.4 is 15.8 Å². The largest absolute Gasteiger partial charge is 0.491 e. The van der Waals surface area contributed by atoms with Gasteiger partial charge in [-0.15, -0.1) is 0 Å². The van der Waals surface area contributed by atoms with E-state index in [9.17, 15) is 4.79 Å². The summed E-state index contributed by atoms with van der Waals surface area (Å²) >= 11 is 0. The molecule has 0 aliphatic carbocycles. The lowest BCUT2D eigenvalue weighted by molar-refractivity contribution is 0.0949. The van der Waals surface area contributed by atoms with Gasteiger partial charge in [0.15, 0.2) is 12.1 Å². The highest BCUT2D eigenvalue weighted by molar-refractivity contribution is 5.98. The number of carbonyl (C=O) groups excluding carboxylic acids is 1. The summed E-state index contributed by atoms with van der Waals surface area (Å²) in [5.41, 5.74) is 6.67. The Morgan fingerprint density at radius 1 is 1.50 bits per heavy atom. The first-order valence-corrected chi connectivity index (χ1v) is 6.27. The maximum Gasteiger partial charge on any atom is 0.255 e. The molecule has 1 heterocycles. The first-order chi connectivity index (χ1) is 9.72. The molecule has 20 heavy (non-hydrogen) atoms. The second kappa shape index (κ2) is 6.55. The van der Waals surface area contributed by atoms with Crippen molar-refractivity contribution < 1.29 is 14.1 Å². The zero-order valence-corrected chi connectivity index (χ0v) is 11.1. The van der Waals surface area contributed by atoms with E-state index in [0.29, 0.717) is 42.5 Å². The molecular formula is C13H16N4O3. The molecular weight excluding hydrogens is 260 g/mol. The molecule has 2 aromatic rings. The average molecular weight is 276 g/mol. The first kappa shape index (κ1) is 13.9. The maximum atomic E-state index is 12.1. The number of hydrogen-bond donors (Lipinski definition) is 2. The van der Waals surface area contributed by atoms with E-state index in [1.807, 2.05) is 6.92 Å². The van der Waals surface area contributed by atoms with E-state index >= 15 is 0 Å². The van der Waals surface area contributed by atoms with Gasteiger partial charge in [0, 0.05) is 13.0 Å². The van der Waals surface area contributed by atoms with E-state index in [-0.39, 0.29) is 5.91 Å². The Morgan fingerprint density at radius 2 is 2.35 bits per heavy atom. The van der Waals surface area contributed by atoms with Crippen molar-refractivity contribution >= 4 is 11.6 Å². The lowest BCUT2D eigenvalue weighted by Gasteiger charge is -2.12. The second-order valence-corrected chi connectivity index (χ2v) is 4.00. The number of carbonyl (C=O) groups is 1. The Bertz CT molecular complexity index is 569. The van der Waals surface area contributed by atoms with Crippen molar-refractivity contribution in [3.63, 3.8) is 0 Å². The van der Waals surface area contributed by atoms with Gasteiger partial charge >= 0.3 is 0 Å². The molecule has 3 N–H and O–H groups in total. The summed E-state index contributed by atoms with van der Waals surface area (Å²) in [4.78, 5) is 16.0. The van der Waals surface area contributed by atoms with Gasteiger partial charge in [0.2, 0.25) is 5.89 Å². The number of nitrogens with one attached hydrogen (secondary N) is 1. The zero-order valence-electron chi connectivity index (χ0n) is 11.1. The van der Waals surface area contributed by atoms with Crippen molar-refractivity contribution in [2.75, 3.05) is 18.9 Å². The highest BCUT2D eigenvalue weighted by Gasteiger charge is 2.14. The number of amides is 1. The molecule has 0 radical (unpaired) electrons. The fourth-order valence-electron chi connectivity index (χ4n) is 1.72. The third-order valence-corrected chi connectivity index (χ3v) is 2.61. The lowest BCUT2D eigenvalue weighted by Crippen LogP contribution is -2.26. The smallest absolute Gasteiger partial charge is 0.255 e. The third-order valence-electron chi connectivity index (χ3n) is 2.61. The van der Waals surface area contributed by atoms with Gasteiger partial charge in [0.1, 0.15) is 0 Å². The molecule has 0 spiro atoms. The normalized spacial score (nSPS) is 10.2. The molecule has 0 aliphatic heterocycles. The summed E-state index contributed by atoms with van der Waals surface area (Å²) in [6.07, 6.45) is 1.79. The van der Waals surface area contributed by atoms with E-state index in [4.69, 9.17) is 15.0 Å². The average Bonchev–Trinajstić information content (AvgIpc) is 2.94. The predicted molar refractivity (Wildman–Crippen MR) is 72.4 cm³/mol. The van der Waals surface area contributed by atoms with Gasteiger partial charge in [-0.1, -0.05) is 11.2 Å². The number of nitrogen functional groups attached to an aromatic ring is 1. The van der Waals surface area contributed by atoms with Crippen LogP contribution in [0.25, 0.3) is 0 Å². The minimum absolute atomic E-state index is 0.250. The van der Waals surface area contributed by atoms with Crippen molar-refractivity contribution in [3.05, 3.63) is 36.0 Å². The Balaban J connectivity index is 1.99. The molecule has 0 atom stereocenters. The van der Waals surface area contributed by atoms with Crippen LogP contribution in [-0.4, -0.2) is 29.2 Å². The Morgan fingerprint density at radius 3 is 3.05 bits per heavy atom. The number of benzene rings is 1. The molecule has 0 saturated heterocycles. The van der Waals surface area contributed by atoms with Gasteiger partial charge in [-0.2, -0.15) is 4.98 Å². The van der Waals surface area contributed by atoms with Crippen molar-refractivity contribution in [2.45, 2.75) is 13.3 Å². The Labute approximate surface area is 116 Å². The van der Waals surface area contributed by atoms with Gasteiger partial charge in [-0.05, 0) is 19.1 Å². The van der Waals surface area contributed by atoms with Gasteiger partial charge in [0.25, 0.3) is 5.91 Å². The summed E-state index contributed by atoms with van der Waals surface area (Å²) in [5.74, 6) is 0.633. The Kier molecular flexibility index (Phi) is 4.54. The van der Waals surface area contributed by atoms with E-state index in [2.05, 4.69) is 15.5 Å². The van der Waals surface area contributed by atoms with Crippen LogP contribution in [0, 0.1) is 0 Å². The monoisotopic (exact) mass is 276 g/mol. The number of nitrogens with zero attached hydrogens (tertiary/aromatic N) is 2. The molecule has 7 nitrogen and oxygen atoms in total. The van der Waals surface area contributed by atoms with E-state index < -0.39 is 0 Å². The molecule has 1 aromatic carbocycles. The van der Waals surface area contributed by atoms with Crippen LogP contribution >= 0.6 is 0 Å². The van der Waals surface area contributed by atoms with Crippen molar-refractivity contribution in [2.24, 2.45) is 0 Å². The summed E-state index contributed by atoms with van der Waals surface area (Å²) in [6.45, 7) is 2.67. The van der Waals surface area contributed by atoms with Crippen LogP contribution in [-0.2, 0) is 6.42 Å². The van der Waals surface area contributed by atoms with Crippen molar-refractivity contribution in [3.8, 4) is 5.75 Å². The molecule has 1 aromatic heterocycles. The van der Waals surface area contributed by atoms with E-state index in [1.54, 1.807) is 18.2 Å². The number of para-hydroxylation sites is 1. The fraction of sp³-hybridized carbons (Fsp3) is 0.308. The number of anilines is 1. The molecule has 1 amide bonds. The fourth-order valence-corrected chi connectivity index (χ4v) is 1.72. The third kappa shape index (κ3) is 3.25. The van der Waals surface area contributed by atoms with Crippen LogP contribution in [0.15, 0.2) is 29.0 Å². The summed E-state index contributed by atoms with van der Waals surface area (Å²) in [7, 11) is 0. The van der Waals surface area contributed by atoms with Gasteiger partial charge in [-0.3, -0.25) is 4.79 Å². The Hall–Kier alpha value is -2.57. The highest BCUT2D eigenvalue weighted by Crippen LogP contribution is 2.26. The van der Waals surface area contributed by atoms with Crippen LogP contribution in [0.1, 0.15) is 23.2 Å². The SMILES string of the molecule is CCOc1c(N)cccc1C(=O)NCCc1ncno1. The lowest BCUT2D eigenvalue weighted by atomic mass is 10.1. The topological polar surface area (TPSA) is 103 Å². The number of hydrogen-bond acceptors (Lipinski definition) is 6.